The minimum atomic E-state index is -0.452. The molecule has 0 spiro atoms. The summed E-state index contributed by atoms with van der Waals surface area (Å²) in [6.45, 7) is 3.67. The highest BCUT2D eigenvalue weighted by atomic mass is 32.1. The lowest BCUT2D eigenvalue weighted by molar-refractivity contribution is 0.102. The molecule has 5 heterocycles. The number of piperidine rings is 2. The van der Waals surface area contributed by atoms with E-state index in [0.717, 1.165) is 49.8 Å². The van der Waals surface area contributed by atoms with Gasteiger partial charge in [-0.15, -0.1) is 11.3 Å². The lowest BCUT2D eigenvalue weighted by atomic mass is 10.1. The van der Waals surface area contributed by atoms with Crippen molar-refractivity contribution in [3.8, 4) is 11.4 Å². The molecule has 0 radical (unpaired) electrons. The zero-order valence-electron chi connectivity index (χ0n) is 19.0. The third-order valence-corrected chi connectivity index (χ3v) is 7.20. The fourth-order valence-electron chi connectivity index (χ4n) is 4.36. The molecule has 2 aliphatic heterocycles. The number of hydrogen-bond donors (Lipinski definition) is 3. The number of aromatic nitrogens is 4. The van der Waals surface area contributed by atoms with Crippen LogP contribution in [0.4, 0.5) is 22.5 Å². The van der Waals surface area contributed by atoms with Gasteiger partial charge in [0.1, 0.15) is 11.4 Å². The van der Waals surface area contributed by atoms with Crippen LogP contribution < -0.4 is 26.6 Å². The topological polar surface area (TPSA) is 139 Å². The normalized spacial score (nSPS) is 17.1. The van der Waals surface area contributed by atoms with Gasteiger partial charge in [0.2, 0.25) is 0 Å². The predicted octanol–water partition coefficient (Wildman–Crippen LogP) is 2.75. The summed E-state index contributed by atoms with van der Waals surface area (Å²) in [7, 11) is 0. The Kier molecular flexibility index (Phi) is 6.54. The van der Waals surface area contributed by atoms with Crippen LogP contribution in [-0.4, -0.2) is 58.1 Å². The summed E-state index contributed by atoms with van der Waals surface area (Å²) in [5, 5.41) is 5.80. The second-order valence-corrected chi connectivity index (χ2v) is 9.54. The fraction of sp³-hybridized carbons (Fsp3) is 0.435. The highest BCUT2D eigenvalue weighted by Crippen LogP contribution is 2.30. The van der Waals surface area contributed by atoms with Gasteiger partial charge in [-0.25, -0.2) is 19.9 Å². The van der Waals surface area contributed by atoms with Crippen LogP contribution in [0.3, 0.4) is 0 Å². The molecule has 5 rings (SSSR count). The average molecular weight is 480 g/mol. The van der Waals surface area contributed by atoms with Gasteiger partial charge >= 0.3 is 0 Å². The molecule has 3 aromatic heterocycles. The molecular weight excluding hydrogens is 450 g/mol. The van der Waals surface area contributed by atoms with Gasteiger partial charge in [-0.1, -0.05) is 0 Å². The van der Waals surface area contributed by atoms with Gasteiger partial charge in [-0.05, 0) is 44.2 Å². The van der Waals surface area contributed by atoms with Crippen molar-refractivity contribution < 1.29 is 4.79 Å². The molecule has 3 aromatic rings. The summed E-state index contributed by atoms with van der Waals surface area (Å²) in [5.41, 5.74) is 14.2. The Morgan fingerprint density at radius 2 is 1.82 bits per heavy atom. The standard InChI is InChI=1S/C23H29N9OS/c24-15-6-11-31(12-7-15)18-5-4-8-26-21(18)30-22(33)19-20(25)27-13-16(28-19)17-14-34-23(29-17)32-9-2-1-3-10-32/h4-5,8,13-15H,1-3,6-7,9-12,24H2,(H2,25,27)(H,26,30,33). The zero-order chi connectivity index (χ0) is 23.5. The summed E-state index contributed by atoms with van der Waals surface area (Å²) in [6.07, 6.45) is 8.63. The number of carbonyl (C=O) groups excluding carboxylic acids is 1. The number of carbonyl (C=O) groups is 1. The van der Waals surface area contributed by atoms with Crippen molar-refractivity contribution in [1.29, 1.82) is 0 Å². The molecular formula is C23H29N9OS. The van der Waals surface area contributed by atoms with Crippen molar-refractivity contribution >= 4 is 39.7 Å². The number of thiazole rings is 1. The second kappa shape index (κ2) is 9.90. The van der Waals surface area contributed by atoms with Gasteiger partial charge < -0.3 is 26.6 Å². The van der Waals surface area contributed by atoms with E-state index in [4.69, 9.17) is 16.5 Å². The SMILES string of the molecule is Nc1ncc(-c2csc(N3CCCCC3)n2)nc1C(=O)Nc1ncccc1N1CCC(N)CC1. The maximum absolute atomic E-state index is 13.2. The van der Waals surface area contributed by atoms with Crippen molar-refractivity contribution in [2.45, 2.75) is 38.1 Å². The van der Waals surface area contributed by atoms with Gasteiger partial charge in [0.05, 0.1) is 11.9 Å². The summed E-state index contributed by atoms with van der Waals surface area (Å²) in [6, 6.07) is 4.02. The molecule has 0 saturated carbocycles. The maximum Gasteiger partial charge on any atom is 0.279 e. The van der Waals surface area contributed by atoms with E-state index in [0.29, 0.717) is 17.2 Å². The van der Waals surface area contributed by atoms with Crippen molar-refractivity contribution in [3.05, 3.63) is 35.6 Å². The first-order valence-electron chi connectivity index (χ1n) is 11.7. The zero-order valence-corrected chi connectivity index (χ0v) is 19.8. The number of anilines is 4. The number of nitrogen functional groups attached to an aromatic ring is 1. The average Bonchev–Trinajstić information content (AvgIpc) is 3.36. The summed E-state index contributed by atoms with van der Waals surface area (Å²) < 4.78 is 0. The van der Waals surface area contributed by atoms with Crippen LogP contribution >= 0.6 is 11.3 Å². The lowest BCUT2D eigenvalue weighted by Gasteiger charge is -2.32. The van der Waals surface area contributed by atoms with Crippen LogP contribution in [0.5, 0.6) is 0 Å². The molecule has 0 aliphatic carbocycles. The molecule has 2 saturated heterocycles. The molecule has 0 atom stereocenters. The predicted molar refractivity (Wildman–Crippen MR) is 135 cm³/mol. The number of hydrogen-bond acceptors (Lipinski definition) is 10. The third-order valence-electron chi connectivity index (χ3n) is 6.30. The van der Waals surface area contributed by atoms with E-state index in [1.54, 1.807) is 23.7 Å². The first-order valence-corrected chi connectivity index (χ1v) is 12.6. The first-order chi connectivity index (χ1) is 16.6. The third kappa shape index (κ3) is 4.80. The molecule has 2 fully saturated rings. The molecule has 34 heavy (non-hydrogen) atoms. The number of nitrogens with zero attached hydrogens (tertiary/aromatic N) is 6. The lowest BCUT2D eigenvalue weighted by Crippen LogP contribution is -2.40. The molecule has 0 aromatic carbocycles. The Bertz CT molecular complexity index is 1150. The molecule has 11 heteroatoms. The largest absolute Gasteiger partial charge is 0.382 e. The molecule has 10 nitrogen and oxygen atoms in total. The summed E-state index contributed by atoms with van der Waals surface area (Å²) >= 11 is 1.58. The van der Waals surface area contributed by atoms with Crippen LogP contribution in [0.15, 0.2) is 29.9 Å². The van der Waals surface area contributed by atoms with Crippen LogP contribution in [0.25, 0.3) is 11.4 Å². The van der Waals surface area contributed by atoms with Gasteiger partial charge in [0.25, 0.3) is 5.91 Å². The quantitative estimate of drug-likeness (QED) is 0.504. The molecule has 0 bridgehead atoms. The number of amides is 1. The first kappa shape index (κ1) is 22.5. The molecule has 2 aliphatic rings. The fourth-order valence-corrected chi connectivity index (χ4v) is 5.23. The monoisotopic (exact) mass is 479 g/mol. The van der Waals surface area contributed by atoms with E-state index in [1.165, 1.54) is 19.3 Å². The van der Waals surface area contributed by atoms with Crippen molar-refractivity contribution in [2.75, 3.05) is 47.0 Å². The summed E-state index contributed by atoms with van der Waals surface area (Å²) in [5.74, 6) is 0.0803. The maximum atomic E-state index is 13.2. The minimum absolute atomic E-state index is 0.0577. The highest BCUT2D eigenvalue weighted by Gasteiger charge is 2.22. The van der Waals surface area contributed by atoms with Gasteiger partial charge in [-0.3, -0.25) is 4.79 Å². The van der Waals surface area contributed by atoms with Crippen molar-refractivity contribution in [1.82, 2.24) is 19.9 Å². The Hall–Kier alpha value is -3.31. The highest BCUT2D eigenvalue weighted by molar-refractivity contribution is 7.14. The van der Waals surface area contributed by atoms with E-state index in [9.17, 15) is 4.79 Å². The van der Waals surface area contributed by atoms with Crippen molar-refractivity contribution in [2.24, 2.45) is 5.73 Å². The van der Waals surface area contributed by atoms with E-state index < -0.39 is 5.91 Å². The van der Waals surface area contributed by atoms with Crippen LogP contribution in [0, 0.1) is 0 Å². The van der Waals surface area contributed by atoms with Crippen molar-refractivity contribution in [3.63, 3.8) is 0 Å². The summed E-state index contributed by atoms with van der Waals surface area (Å²) in [4.78, 5) is 35.5. The van der Waals surface area contributed by atoms with E-state index in [2.05, 4.69) is 30.1 Å². The van der Waals surface area contributed by atoms with Crippen LogP contribution in [0.1, 0.15) is 42.6 Å². The Morgan fingerprint density at radius 1 is 1.03 bits per heavy atom. The minimum Gasteiger partial charge on any atom is -0.382 e. The van der Waals surface area contributed by atoms with E-state index >= 15 is 0 Å². The van der Waals surface area contributed by atoms with Gasteiger partial charge in [-0.2, -0.15) is 0 Å². The number of nitrogens with two attached hydrogens (primary N) is 2. The van der Waals surface area contributed by atoms with Crippen LogP contribution in [0.2, 0.25) is 0 Å². The van der Waals surface area contributed by atoms with E-state index in [-0.39, 0.29) is 17.6 Å². The number of pyridine rings is 1. The Balaban J connectivity index is 1.36. The molecule has 0 unspecified atom stereocenters. The Labute approximate surface area is 202 Å². The number of nitrogens with one attached hydrogen (secondary N) is 1. The Morgan fingerprint density at radius 3 is 2.62 bits per heavy atom. The van der Waals surface area contributed by atoms with Crippen LogP contribution in [-0.2, 0) is 0 Å². The van der Waals surface area contributed by atoms with E-state index in [1.807, 2.05) is 17.5 Å². The number of rotatable bonds is 5. The molecule has 1 amide bonds. The van der Waals surface area contributed by atoms with Gasteiger partial charge in [0, 0.05) is 43.8 Å². The molecule has 178 valence electrons. The molecule has 5 N–H and O–H groups in total. The second-order valence-electron chi connectivity index (χ2n) is 8.70. The van der Waals surface area contributed by atoms with Gasteiger partial charge in [0.15, 0.2) is 22.5 Å². The smallest absolute Gasteiger partial charge is 0.279 e.